The molecule has 2 atom stereocenters. The number of benzene rings is 1. The van der Waals surface area contributed by atoms with E-state index in [1.165, 1.54) is 18.9 Å². The third-order valence-corrected chi connectivity index (χ3v) is 4.48. The zero-order valence-corrected chi connectivity index (χ0v) is 12.1. The second-order valence-electron chi connectivity index (χ2n) is 5.07. The Hall–Kier alpha value is -0.560. The highest BCUT2D eigenvalue weighted by Crippen LogP contribution is 2.40. The quantitative estimate of drug-likeness (QED) is 0.642. The second-order valence-corrected chi connectivity index (χ2v) is 6.23. The molecule has 1 aromatic rings. The molecule has 98 valence electrons. The maximum absolute atomic E-state index is 13.6. The summed E-state index contributed by atoms with van der Waals surface area (Å²) in [5.74, 6) is 0.453. The molecule has 2 aliphatic rings. The van der Waals surface area contributed by atoms with Crippen LogP contribution >= 0.6 is 22.6 Å². The predicted octanol–water partition coefficient (Wildman–Crippen LogP) is 2.99. The van der Waals surface area contributed by atoms with Crippen LogP contribution in [0.2, 0.25) is 0 Å². The molecule has 1 saturated carbocycles. The van der Waals surface area contributed by atoms with E-state index in [9.17, 15) is 4.39 Å². The molecule has 3 nitrogen and oxygen atoms in total. The summed E-state index contributed by atoms with van der Waals surface area (Å²) in [6.07, 6.45) is 3.74. The number of nitrogens with two attached hydrogens (primary N) is 1. The van der Waals surface area contributed by atoms with Crippen molar-refractivity contribution >= 4 is 34.0 Å². The van der Waals surface area contributed by atoms with Gasteiger partial charge in [-0.3, -0.25) is 0 Å². The fourth-order valence-electron chi connectivity index (χ4n) is 2.54. The molecule has 1 aliphatic heterocycles. The topological polar surface area (TPSA) is 47.3 Å². The first-order valence-corrected chi connectivity index (χ1v) is 7.35. The summed E-state index contributed by atoms with van der Waals surface area (Å²) in [6.45, 7) is 0.783. The number of hydrogen-bond donors (Lipinski definition) is 2. The molecule has 1 heterocycles. The number of nitrogens with one attached hydrogen (secondary N) is 1. The maximum atomic E-state index is 13.6. The van der Waals surface area contributed by atoms with Crippen molar-refractivity contribution in [3.05, 3.63) is 21.5 Å². The molecule has 18 heavy (non-hydrogen) atoms. The average Bonchev–Trinajstić information content (AvgIpc) is 3.07. The van der Waals surface area contributed by atoms with Crippen molar-refractivity contribution in [1.29, 1.82) is 0 Å². The number of ether oxygens (including phenoxy) is 1. The molecule has 2 unspecified atom stereocenters. The molecule has 1 saturated heterocycles. The van der Waals surface area contributed by atoms with Crippen molar-refractivity contribution in [1.82, 2.24) is 0 Å². The van der Waals surface area contributed by atoms with E-state index in [4.69, 9.17) is 10.5 Å². The summed E-state index contributed by atoms with van der Waals surface area (Å²) < 4.78 is 19.9. The Labute approximate surface area is 119 Å². The molecule has 3 N–H and O–H groups in total. The summed E-state index contributed by atoms with van der Waals surface area (Å²) in [5.41, 5.74) is 7.22. The van der Waals surface area contributed by atoms with E-state index < -0.39 is 0 Å². The molecular formula is C13H16FIN2O. The summed E-state index contributed by atoms with van der Waals surface area (Å²) >= 11 is 1.95. The van der Waals surface area contributed by atoms with Crippen LogP contribution in [-0.2, 0) is 4.74 Å². The van der Waals surface area contributed by atoms with E-state index in [0.29, 0.717) is 20.9 Å². The first kappa shape index (κ1) is 12.5. The van der Waals surface area contributed by atoms with Crippen LogP contribution < -0.4 is 11.1 Å². The van der Waals surface area contributed by atoms with Crippen LogP contribution in [-0.4, -0.2) is 18.8 Å². The molecule has 0 aromatic heterocycles. The summed E-state index contributed by atoms with van der Waals surface area (Å²) in [5, 5.41) is 3.36. The Kier molecular flexibility index (Phi) is 3.36. The first-order chi connectivity index (χ1) is 8.65. The lowest BCUT2D eigenvalue weighted by molar-refractivity contribution is 0.0898. The molecular weight excluding hydrogens is 346 g/mol. The Bertz CT molecular complexity index is 465. The van der Waals surface area contributed by atoms with Crippen LogP contribution in [0.1, 0.15) is 19.3 Å². The lowest BCUT2D eigenvalue weighted by Gasteiger charge is -2.21. The van der Waals surface area contributed by atoms with Crippen LogP contribution in [0.4, 0.5) is 15.8 Å². The monoisotopic (exact) mass is 362 g/mol. The number of rotatable bonds is 3. The largest absolute Gasteiger partial charge is 0.397 e. The predicted molar refractivity (Wildman–Crippen MR) is 78.0 cm³/mol. The van der Waals surface area contributed by atoms with Crippen LogP contribution in [0.25, 0.3) is 0 Å². The zero-order valence-electron chi connectivity index (χ0n) is 9.96. The van der Waals surface area contributed by atoms with Crippen LogP contribution in [0, 0.1) is 15.3 Å². The van der Waals surface area contributed by atoms with Crippen molar-refractivity contribution in [3.8, 4) is 0 Å². The Morgan fingerprint density at radius 1 is 1.33 bits per heavy atom. The zero-order chi connectivity index (χ0) is 12.7. The average molecular weight is 362 g/mol. The van der Waals surface area contributed by atoms with Gasteiger partial charge in [-0.05, 0) is 53.8 Å². The molecule has 3 rings (SSSR count). The van der Waals surface area contributed by atoms with E-state index >= 15 is 0 Å². The van der Waals surface area contributed by atoms with Gasteiger partial charge >= 0.3 is 0 Å². The van der Waals surface area contributed by atoms with Gasteiger partial charge in [-0.2, -0.15) is 0 Å². The molecule has 0 amide bonds. The van der Waals surface area contributed by atoms with E-state index in [-0.39, 0.29) is 18.0 Å². The molecule has 5 heteroatoms. The van der Waals surface area contributed by atoms with E-state index in [1.54, 1.807) is 6.07 Å². The summed E-state index contributed by atoms with van der Waals surface area (Å²) in [4.78, 5) is 0. The van der Waals surface area contributed by atoms with Crippen molar-refractivity contribution in [2.45, 2.75) is 31.4 Å². The number of hydrogen-bond acceptors (Lipinski definition) is 3. The van der Waals surface area contributed by atoms with Crippen molar-refractivity contribution in [2.75, 3.05) is 17.7 Å². The van der Waals surface area contributed by atoms with E-state index in [1.807, 2.05) is 22.6 Å². The smallest absolute Gasteiger partial charge is 0.138 e. The first-order valence-electron chi connectivity index (χ1n) is 6.28. The van der Waals surface area contributed by atoms with Gasteiger partial charge in [0.15, 0.2) is 0 Å². The Morgan fingerprint density at radius 2 is 2.11 bits per heavy atom. The van der Waals surface area contributed by atoms with Gasteiger partial charge in [-0.25, -0.2) is 4.39 Å². The van der Waals surface area contributed by atoms with Gasteiger partial charge in [0.2, 0.25) is 0 Å². The van der Waals surface area contributed by atoms with Gasteiger partial charge in [0, 0.05) is 12.7 Å². The molecule has 0 spiro atoms. The molecule has 0 radical (unpaired) electrons. The summed E-state index contributed by atoms with van der Waals surface area (Å²) in [6, 6.07) is 3.42. The highest BCUT2D eigenvalue weighted by atomic mass is 127. The summed E-state index contributed by atoms with van der Waals surface area (Å²) in [7, 11) is 0. The molecule has 1 aromatic carbocycles. The highest BCUT2D eigenvalue weighted by molar-refractivity contribution is 14.1. The van der Waals surface area contributed by atoms with Crippen LogP contribution in [0.5, 0.6) is 0 Å². The normalized spacial score (nSPS) is 27.4. The minimum atomic E-state index is -0.228. The molecule has 0 bridgehead atoms. The van der Waals surface area contributed by atoms with Gasteiger partial charge in [0.05, 0.1) is 27.1 Å². The minimum absolute atomic E-state index is 0.228. The van der Waals surface area contributed by atoms with Gasteiger partial charge in [-0.1, -0.05) is 0 Å². The fraction of sp³-hybridized carbons (Fsp3) is 0.538. The van der Waals surface area contributed by atoms with Crippen molar-refractivity contribution in [3.63, 3.8) is 0 Å². The lowest BCUT2D eigenvalue weighted by atomic mass is 10.1. The van der Waals surface area contributed by atoms with E-state index in [0.717, 1.165) is 13.0 Å². The Morgan fingerprint density at radius 3 is 2.83 bits per heavy atom. The SMILES string of the molecule is Nc1cc(I)c(F)cc1NC1CCOC1C1CC1. The van der Waals surface area contributed by atoms with Gasteiger partial charge in [0.25, 0.3) is 0 Å². The number of nitrogen functional groups attached to an aromatic ring is 1. The van der Waals surface area contributed by atoms with Crippen LogP contribution in [0.15, 0.2) is 12.1 Å². The highest BCUT2D eigenvalue weighted by Gasteiger charge is 2.40. The van der Waals surface area contributed by atoms with Gasteiger partial charge in [0.1, 0.15) is 5.82 Å². The number of halogens is 2. The van der Waals surface area contributed by atoms with Crippen molar-refractivity contribution < 1.29 is 9.13 Å². The molecule has 1 aliphatic carbocycles. The number of anilines is 2. The van der Waals surface area contributed by atoms with Gasteiger partial charge < -0.3 is 15.8 Å². The standard InChI is InChI=1S/C13H16FIN2O/c14-8-5-12(10(16)6-9(8)15)17-11-3-4-18-13(11)7-1-2-7/h5-7,11,13,17H,1-4,16H2. The second kappa shape index (κ2) is 4.85. The van der Waals surface area contributed by atoms with Crippen molar-refractivity contribution in [2.24, 2.45) is 5.92 Å². The minimum Gasteiger partial charge on any atom is -0.397 e. The third-order valence-electron chi connectivity index (χ3n) is 3.66. The van der Waals surface area contributed by atoms with Crippen LogP contribution in [0.3, 0.4) is 0 Å². The maximum Gasteiger partial charge on any atom is 0.138 e. The Balaban J connectivity index is 1.77. The third kappa shape index (κ3) is 2.42. The molecule has 2 fully saturated rings. The van der Waals surface area contributed by atoms with Gasteiger partial charge in [-0.15, -0.1) is 0 Å². The fourth-order valence-corrected chi connectivity index (χ4v) is 3.03. The van der Waals surface area contributed by atoms with E-state index in [2.05, 4.69) is 5.32 Å². The lowest BCUT2D eigenvalue weighted by Crippen LogP contribution is -2.31.